The van der Waals surface area contributed by atoms with Crippen LogP contribution in [0.25, 0.3) is 0 Å². The molecule has 1 N–H and O–H groups in total. The minimum absolute atomic E-state index is 0.130. The third-order valence-corrected chi connectivity index (χ3v) is 6.07. The molecular weight excluding hydrogens is 172 g/mol. The van der Waals surface area contributed by atoms with Gasteiger partial charge in [0.15, 0.2) is 0 Å². The van der Waals surface area contributed by atoms with Gasteiger partial charge in [-0.2, -0.15) is 0 Å². The molecule has 0 spiro atoms. The lowest BCUT2D eigenvalue weighted by molar-refractivity contribution is -0.104. The Balaban J connectivity index is 2.49. The van der Waals surface area contributed by atoms with Crippen LogP contribution >= 0.6 is 0 Å². The lowest BCUT2D eigenvalue weighted by Crippen LogP contribution is -2.48. The van der Waals surface area contributed by atoms with Gasteiger partial charge in [-0.1, -0.05) is 34.1 Å². The van der Waals surface area contributed by atoms with Crippen molar-refractivity contribution in [3.8, 4) is 0 Å². The summed E-state index contributed by atoms with van der Waals surface area (Å²) in [7, 11) is 0. The van der Waals surface area contributed by atoms with Crippen LogP contribution in [0, 0.1) is 22.7 Å². The molecule has 82 valence electrons. The van der Waals surface area contributed by atoms with Gasteiger partial charge in [0, 0.05) is 5.41 Å². The van der Waals surface area contributed by atoms with Gasteiger partial charge in [-0.05, 0) is 37.0 Å². The molecule has 1 heteroatoms. The molecule has 0 unspecified atom stereocenters. The van der Waals surface area contributed by atoms with E-state index in [4.69, 9.17) is 0 Å². The largest absolute Gasteiger partial charge is 0.389 e. The van der Waals surface area contributed by atoms with Crippen molar-refractivity contribution < 1.29 is 5.11 Å². The summed E-state index contributed by atoms with van der Waals surface area (Å²) in [5.41, 5.74) is -0.00329. The van der Waals surface area contributed by atoms with Crippen molar-refractivity contribution in [3.63, 3.8) is 0 Å². The van der Waals surface area contributed by atoms with Gasteiger partial charge in [-0.25, -0.2) is 0 Å². The molecule has 2 bridgehead atoms. The highest BCUT2D eigenvalue weighted by atomic mass is 16.3. The fraction of sp³-hybridized carbons (Fsp3) is 1.00. The predicted molar refractivity (Wildman–Crippen MR) is 59.0 cm³/mol. The quantitative estimate of drug-likeness (QED) is 0.682. The summed E-state index contributed by atoms with van der Waals surface area (Å²) in [5.74, 6) is 1.24. The summed E-state index contributed by atoms with van der Waals surface area (Å²) >= 11 is 0. The summed E-state index contributed by atoms with van der Waals surface area (Å²) in [6, 6.07) is 0. The van der Waals surface area contributed by atoms with Gasteiger partial charge in [-0.3, -0.25) is 0 Å². The van der Waals surface area contributed by atoms with Crippen LogP contribution in [0.1, 0.15) is 53.9 Å². The van der Waals surface area contributed by atoms with E-state index in [0.29, 0.717) is 11.3 Å². The van der Waals surface area contributed by atoms with E-state index < -0.39 is 5.60 Å². The van der Waals surface area contributed by atoms with Crippen LogP contribution in [-0.4, -0.2) is 10.7 Å². The average Bonchev–Trinajstić information content (AvgIpc) is 2.34. The maximum Gasteiger partial charge on any atom is 0.0709 e. The third kappa shape index (κ3) is 0.816. The van der Waals surface area contributed by atoms with E-state index in [1.165, 1.54) is 12.8 Å². The number of fused-ring (bicyclic) bond motifs is 2. The first-order valence-electron chi connectivity index (χ1n) is 6.01. The second-order valence-corrected chi connectivity index (χ2v) is 6.36. The Labute approximate surface area is 87.9 Å². The van der Waals surface area contributed by atoms with E-state index in [1.807, 2.05) is 0 Å². The van der Waals surface area contributed by atoms with Gasteiger partial charge in [0.25, 0.3) is 0 Å². The molecule has 2 saturated carbocycles. The SMILES string of the molecule is CC[C@H]1[C@H]2CC[C@](C)(C2(C)C)[C@@]1(C)O. The van der Waals surface area contributed by atoms with Crippen molar-refractivity contribution in [2.45, 2.75) is 59.5 Å². The minimum Gasteiger partial charge on any atom is -0.389 e. The molecule has 2 rings (SSSR count). The monoisotopic (exact) mass is 196 g/mol. The Morgan fingerprint density at radius 2 is 1.79 bits per heavy atom. The zero-order valence-corrected chi connectivity index (χ0v) is 10.2. The van der Waals surface area contributed by atoms with Crippen molar-refractivity contribution in [1.82, 2.24) is 0 Å². The van der Waals surface area contributed by atoms with Gasteiger partial charge in [-0.15, -0.1) is 0 Å². The maximum absolute atomic E-state index is 10.7. The third-order valence-electron chi connectivity index (χ3n) is 6.07. The highest BCUT2D eigenvalue weighted by molar-refractivity contribution is 5.19. The van der Waals surface area contributed by atoms with Crippen molar-refractivity contribution in [2.75, 3.05) is 0 Å². The lowest BCUT2D eigenvalue weighted by Gasteiger charge is -2.45. The van der Waals surface area contributed by atoms with Gasteiger partial charge in [0.2, 0.25) is 0 Å². The highest BCUT2D eigenvalue weighted by Crippen LogP contribution is 2.72. The summed E-state index contributed by atoms with van der Waals surface area (Å²) in [6.45, 7) is 11.3. The Morgan fingerprint density at radius 3 is 2.07 bits per heavy atom. The Bertz CT molecular complexity index is 254. The van der Waals surface area contributed by atoms with Crippen LogP contribution in [0.3, 0.4) is 0 Å². The molecule has 2 aliphatic carbocycles. The van der Waals surface area contributed by atoms with Gasteiger partial charge < -0.3 is 5.11 Å². The number of hydrogen-bond donors (Lipinski definition) is 1. The standard InChI is InChI=1S/C13H24O/c1-6-9-10-7-8-12(4,11(10,2)3)13(9,5)14/h9-10,14H,6-8H2,1-5H3/t9-,10+,12+,13-/m0/s1. The van der Waals surface area contributed by atoms with Crippen LogP contribution in [-0.2, 0) is 0 Å². The molecule has 0 aromatic carbocycles. The first-order chi connectivity index (χ1) is 6.29. The van der Waals surface area contributed by atoms with E-state index >= 15 is 0 Å². The molecule has 1 nitrogen and oxygen atoms in total. The molecular formula is C13H24O. The van der Waals surface area contributed by atoms with Crippen molar-refractivity contribution in [1.29, 1.82) is 0 Å². The number of hydrogen-bond acceptors (Lipinski definition) is 1. The second kappa shape index (κ2) is 2.55. The maximum atomic E-state index is 10.7. The van der Waals surface area contributed by atoms with Crippen LogP contribution in [0.5, 0.6) is 0 Å². The molecule has 0 radical (unpaired) electrons. The molecule has 0 aromatic heterocycles. The molecule has 4 atom stereocenters. The molecule has 0 amide bonds. The lowest BCUT2D eigenvalue weighted by atomic mass is 9.64. The van der Waals surface area contributed by atoms with Gasteiger partial charge in [0.05, 0.1) is 5.60 Å². The first kappa shape index (κ1) is 10.5. The van der Waals surface area contributed by atoms with Crippen LogP contribution in [0.2, 0.25) is 0 Å². The second-order valence-electron chi connectivity index (χ2n) is 6.36. The normalized spacial score (nSPS) is 55.3. The topological polar surface area (TPSA) is 20.2 Å². The Kier molecular flexibility index (Phi) is 1.91. The van der Waals surface area contributed by atoms with E-state index in [-0.39, 0.29) is 5.41 Å². The summed E-state index contributed by atoms with van der Waals surface area (Å²) in [4.78, 5) is 0. The van der Waals surface area contributed by atoms with Gasteiger partial charge >= 0.3 is 0 Å². The van der Waals surface area contributed by atoms with Crippen molar-refractivity contribution >= 4 is 0 Å². The zero-order valence-electron chi connectivity index (χ0n) is 10.2. The fourth-order valence-corrected chi connectivity index (χ4v) is 4.63. The van der Waals surface area contributed by atoms with Crippen LogP contribution in [0.15, 0.2) is 0 Å². The zero-order chi connectivity index (χ0) is 10.8. The minimum atomic E-state index is -0.450. The molecule has 0 heterocycles. The molecule has 0 saturated heterocycles. The summed E-state index contributed by atoms with van der Waals surface area (Å²) in [6.07, 6.45) is 3.64. The number of rotatable bonds is 1. The molecule has 14 heavy (non-hydrogen) atoms. The van der Waals surface area contributed by atoms with E-state index in [0.717, 1.165) is 12.3 Å². The first-order valence-corrected chi connectivity index (χ1v) is 6.01. The highest BCUT2D eigenvalue weighted by Gasteiger charge is 2.70. The van der Waals surface area contributed by atoms with E-state index in [1.54, 1.807) is 0 Å². The predicted octanol–water partition coefficient (Wildman–Crippen LogP) is 3.22. The Hall–Kier alpha value is -0.0400. The van der Waals surface area contributed by atoms with E-state index in [2.05, 4.69) is 34.6 Å². The smallest absolute Gasteiger partial charge is 0.0709 e. The number of aliphatic hydroxyl groups is 1. The molecule has 0 aliphatic heterocycles. The summed E-state index contributed by atoms with van der Waals surface area (Å²) in [5, 5.41) is 10.7. The van der Waals surface area contributed by atoms with Crippen molar-refractivity contribution in [3.05, 3.63) is 0 Å². The van der Waals surface area contributed by atoms with Crippen LogP contribution < -0.4 is 0 Å². The van der Waals surface area contributed by atoms with E-state index in [9.17, 15) is 5.11 Å². The Morgan fingerprint density at radius 1 is 1.21 bits per heavy atom. The molecule has 2 fully saturated rings. The average molecular weight is 196 g/mol. The molecule has 0 aromatic rings. The fourth-order valence-electron chi connectivity index (χ4n) is 4.63. The summed E-state index contributed by atoms with van der Waals surface area (Å²) < 4.78 is 0. The van der Waals surface area contributed by atoms with Gasteiger partial charge in [0.1, 0.15) is 0 Å². The molecule has 2 aliphatic rings. The van der Waals surface area contributed by atoms with Crippen LogP contribution in [0.4, 0.5) is 0 Å². The van der Waals surface area contributed by atoms with Crippen molar-refractivity contribution in [2.24, 2.45) is 22.7 Å².